The van der Waals surface area contributed by atoms with Crippen molar-refractivity contribution >= 4 is 40.3 Å². The quantitative estimate of drug-likeness (QED) is 0.0605. The fraction of sp³-hybridized carbons (Fsp3) is 0.704. The molecule has 0 spiro atoms. The van der Waals surface area contributed by atoms with Crippen LogP contribution in [0.4, 0.5) is 0 Å². The van der Waals surface area contributed by atoms with E-state index in [-0.39, 0.29) is 16.4 Å². The first-order chi connectivity index (χ1) is 17.0. The molecule has 0 saturated heterocycles. The Bertz CT molecular complexity index is 916. The molecule has 0 aliphatic rings. The number of esters is 1. The molecule has 6 nitrogen and oxygen atoms in total. The molecule has 0 radical (unpaired) electrons. The second-order valence-corrected chi connectivity index (χ2v) is 9.97. The minimum absolute atomic E-state index is 0.0357. The van der Waals surface area contributed by atoms with Crippen LogP contribution in [0.15, 0.2) is 12.7 Å². The van der Waals surface area contributed by atoms with Gasteiger partial charge in [-0.1, -0.05) is 108 Å². The summed E-state index contributed by atoms with van der Waals surface area (Å²) in [5, 5.41) is 0.278. The summed E-state index contributed by atoms with van der Waals surface area (Å²) in [4.78, 5) is 25.4. The van der Waals surface area contributed by atoms with Gasteiger partial charge in [-0.05, 0) is 24.4 Å². The molecular weight excluding hydrogens is 483 g/mol. The maximum Gasteiger partial charge on any atom is 0.316 e. The van der Waals surface area contributed by atoms with Gasteiger partial charge in [0.05, 0.1) is 7.11 Å². The van der Waals surface area contributed by atoms with Gasteiger partial charge in [0.1, 0.15) is 17.3 Å². The molecule has 1 atom stereocenters. The molecule has 2 heterocycles. The Morgan fingerprint density at radius 1 is 0.914 bits per heavy atom. The van der Waals surface area contributed by atoms with Crippen LogP contribution in [0.2, 0.25) is 10.4 Å². The van der Waals surface area contributed by atoms with E-state index in [9.17, 15) is 4.79 Å². The number of aromatic nitrogens is 4. The number of nitrogens with zero attached hydrogens (tertiary/aromatic N) is 4. The van der Waals surface area contributed by atoms with E-state index in [0.29, 0.717) is 30.0 Å². The van der Waals surface area contributed by atoms with E-state index in [2.05, 4.69) is 28.5 Å². The summed E-state index contributed by atoms with van der Waals surface area (Å²) >= 11 is 12.4. The van der Waals surface area contributed by atoms with E-state index >= 15 is 0 Å². The van der Waals surface area contributed by atoms with Crippen LogP contribution in [-0.2, 0) is 16.1 Å². The molecule has 8 heteroatoms. The van der Waals surface area contributed by atoms with Crippen molar-refractivity contribution in [2.45, 2.75) is 116 Å². The molecule has 0 fully saturated rings. The van der Waals surface area contributed by atoms with Crippen molar-refractivity contribution in [3.05, 3.63) is 28.9 Å². The summed E-state index contributed by atoms with van der Waals surface area (Å²) < 4.78 is 6.97. The van der Waals surface area contributed by atoms with Gasteiger partial charge in [-0.2, -0.15) is 4.98 Å². The van der Waals surface area contributed by atoms with Crippen LogP contribution < -0.4 is 0 Å². The van der Waals surface area contributed by atoms with E-state index in [1.807, 2.05) is 4.57 Å². The standard InChI is InChI=1S/C27H42Cl2N4O2/c1-4-6-7-8-9-10-11-12-13-14-15-16-17-18-20-33-22-23(28)30-27(29)32-24(22)31-25(33)21(19-5-2)26(34)35-3/h5,21H,2,4,6-20H2,1,3H3. The highest BCUT2D eigenvalue weighted by atomic mass is 35.5. The topological polar surface area (TPSA) is 69.9 Å². The lowest BCUT2D eigenvalue weighted by Crippen LogP contribution is -2.19. The maximum absolute atomic E-state index is 12.5. The summed E-state index contributed by atoms with van der Waals surface area (Å²) in [6.07, 6.45) is 20.3. The largest absolute Gasteiger partial charge is 0.468 e. The minimum atomic E-state index is -0.576. The maximum atomic E-state index is 12.5. The Labute approximate surface area is 220 Å². The molecule has 35 heavy (non-hydrogen) atoms. The average Bonchev–Trinajstić information content (AvgIpc) is 3.20. The Balaban J connectivity index is 1.83. The number of allylic oxidation sites excluding steroid dienone is 1. The van der Waals surface area contributed by atoms with Gasteiger partial charge in [0.25, 0.3) is 0 Å². The average molecular weight is 526 g/mol. The van der Waals surface area contributed by atoms with Gasteiger partial charge in [-0.15, -0.1) is 6.58 Å². The molecule has 2 aromatic rings. The van der Waals surface area contributed by atoms with Crippen molar-refractivity contribution in [2.24, 2.45) is 0 Å². The summed E-state index contributed by atoms with van der Waals surface area (Å²) in [5.41, 5.74) is 1.01. The number of imidazole rings is 1. The summed E-state index contributed by atoms with van der Waals surface area (Å²) in [6, 6.07) is 0. The lowest BCUT2D eigenvalue weighted by molar-refractivity contribution is -0.142. The van der Waals surface area contributed by atoms with Gasteiger partial charge in [-0.3, -0.25) is 4.79 Å². The van der Waals surface area contributed by atoms with Gasteiger partial charge in [0.2, 0.25) is 5.28 Å². The van der Waals surface area contributed by atoms with E-state index in [0.717, 1.165) is 12.8 Å². The predicted octanol–water partition coefficient (Wildman–Crippen LogP) is 8.45. The lowest BCUT2D eigenvalue weighted by Gasteiger charge is -2.15. The van der Waals surface area contributed by atoms with Crippen molar-refractivity contribution in [1.29, 1.82) is 0 Å². The highest BCUT2D eigenvalue weighted by molar-refractivity contribution is 6.35. The van der Waals surface area contributed by atoms with Gasteiger partial charge < -0.3 is 9.30 Å². The van der Waals surface area contributed by atoms with Gasteiger partial charge in [-0.25, -0.2) is 9.97 Å². The number of halogens is 2. The Morgan fingerprint density at radius 3 is 1.97 bits per heavy atom. The molecule has 0 bridgehead atoms. The molecule has 2 rings (SSSR count). The zero-order valence-corrected chi connectivity index (χ0v) is 23.0. The molecule has 196 valence electrons. The second-order valence-electron chi connectivity index (χ2n) is 9.27. The second kappa shape index (κ2) is 16.9. The number of hydrogen-bond donors (Lipinski definition) is 0. The van der Waals surface area contributed by atoms with Crippen LogP contribution >= 0.6 is 23.2 Å². The van der Waals surface area contributed by atoms with Gasteiger partial charge in [0.15, 0.2) is 10.8 Å². The fourth-order valence-electron chi connectivity index (χ4n) is 4.56. The number of unbranched alkanes of at least 4 members (excludes halogenated alkanes) is 13. The molecule has 0 aromatic carbocycles. The lowest BCUT2D eigenvalue weighted by atomic mass is 10.0. The number of carbonyl (C=O) groups is 1. The predicted molar refractivity (Wildman–Crippen MR) is 145 cm³/mol. The highest BCUT2D eigenvalue weighted by Crippen LogP contribution is 2.30. The number of carbonyl (C=O) groups excluding carboxylic acids is 1. The van der Waals surface area contributed by atoms with Crippen molar-refractivity contribution in [3.8, 4) is 0 Å². The van der Waals surface area contributed by atoms with Crippen LogP contribution in [0.1, 0.15) is 115 Å². The third-order valence-electron chi connectivity index (χ3n) is 6.50. The minimum Gasteiger partial charge on any atom is -0.468 e. The van der Waals surface area contributed by atoms with Gasteiger partial charge in [0, 0.05) is 6.54 Å². The number of rotatable bonds is 19. The van der Waals surface area contributed by atoms with Crippen LogP contribution in [0.25, 0.3) is 11.2 Å². The van der Waals surface area contributed by atoms with Crippen LogP contribution in [-0.4, -0.2) is 32.6 Å². The third kappa shape index (κ3) is 9.72. The van der Waals surface area contributed by atoms with Crippen molar-refractivity contribution in [3.63, 3.8) is 0 Å². The zero-order valence-electron chi connectivity index (χ0n) is 21.5. The van der Waals surface area contributed by atoms with Crippen molar-refractivity contribution < 1.29 is 9.53 Å². The molecule has 2 aromatic heterocycles. The summed E-state index contributed by atoms with van der Waals surface area (Å²) in [6.45, 7) is 6.73. The van der Waals surface area contributed by atoms with E-state index in [4.69, 9.17) is 27.9 Å². The molecule has 1 unspecified atom stereocenters. The Morgan fingerprint density at radius 2 is 1.46 bits per heavy atom. The zero-order chi connectivity index (χ0) is 25.5. The molecule has 0 amide bonds. The highest BCUT2D eigenvalue weighted by Gasteiger charge is 2.28. The molecule has 0 saturated carbocycles. The first-order valence-electron chi connectivity index (χ1n) is 13.3. The van der Waals surface area contributed by atoms with Crippen LogP contribution in [0.3, 0.4) is 0 Å². The van der Waals surface area contributed by atoms with Crippen LogP contribution in [0, 0.1) is 0 Å². The summed E-state index contributed by atoms with van der Waals surface area (Å²) in [5.74, 6) is -0.370. The normalized spacial score (nSPS) is 12.2. The monoisotopic (exact) mass is 524 g/mol. The number of methoxy groups -OCH3 is 1. The first kappa shape index (κ1) is 29.6. The molecule has 0 aliphatic heterocycles. The molecular formula is C27H42Cl2N4O2. The number of fused-ring (bicyclic) bond motifs is 1. The number of hydrogen-bond acceptors (Lipinski definition) is 5. The Kier molecular flexibility index (Phi) is 14.3. The third-order valence-corrected chi connectivity index (χ3v) is 6.93. The Hall–Kier alpha value is -1.66. The molecule has 0 aliphatic carbocycles. The van der Waals surface area contributed by atoms with E-state index in [1.165, 1.54) is 84.2 Å². The van der Waals surface area contributed by atoms with E-state index < -0.39 is 5.92 Å². The molecule has 0 N–H and O–H groups in total. The number of ether oxygens (including phenoxy) is 1. The number of aryl methyl sites for hydroxylation is 1. The van der Waals surface area contributed by atoms with Gasteiger partial charge >= 0.3 is 5.97 Å². The first-order valence-corrected chi connectivity index (χ1v) is 14.1. The smallest absolute Gasteiger partial charge is 0.316 e. The van der Waals surface area contributed by atoms with Crippen molar-refractivity contribution in [1.82, 2.24) is 19.5 Å². The van der Waals surface area contributed by atoms with E-state index in [1.54, 1.807) is 6.08 Å². The van der Waals surface area contributed by atoms with Crippen molar-refractivity contribution in [2.75, 3.05) is 7.11 Å². The summed E-state index contributed by atoms with van der Waals surface area (Å²) in [7, 11) is 1.38. The fourth-order valence-corrected chi connectivity index (χ4v) is 5.03. The van der Waals surface area contributed by atoms with Crippen LogP contribution in [0.5, 0.6) is 0 Å². The SMILES string of the molecule is C=CCC(C(=O)OC)c1nc2nc(Cl)nc(Cl)c2n1CCCCCCCCCCCCCCCC.